The van der Waals surface area contributed by atoms with E-state index in [2.05, 4.69) is 15.8 Å². The van der Waals surface area contributed by atoms with Crippen LogP contribution in [-0.2, 0) is 27.2 Å². The van der Waals surface area contributed by atoms with Gasteiger partial charge in [0.25, 0.3) is 0 Å². The number of para-hydroxylation sites is 1. The van der Waals surface area contributed by atoms with Crippen LogP contribution in [-0.4, -0.2) is 44.8 Å². The topological polar surface area (TPSA) is 115 Å². The minimum absolute atomic E-state index is 0.222. The summed E-state index contributed by atoms with van der Waals surface area (Å²) in [5.41, 5.74) is 4.02. The number of rotatable bonds is 7. The zero-order valence-electron chi connectivity index (χ0n) is 18.9. The average Bonchev–Trinajstić information content (AvgIpc) is 2.98. The van der Waals surface area contributed by atoms with Gasteiger partial charge in [-0.1, -0.05) is 12.5 Å². The molecule has 1 aromatic carbocycles. The number of aryl methyl sites for hydroxylation is 1. The van der Waals surface area contributed by atoms with Gasteiger partial charge in [-0.25, -0.2) is 10.2 Å². The van der Waals surface area contributed by atoms with Gasteiger partial charge in [0, 0.05) is 10.4 Å². The number of thiophene rings is 1. The fourth-order valence-corrected chi connectivity index (χ4v) is 4.91. The molecule has 0 fully saturated rings. The number of hydrogen-bond acceptors (Lipinski definition) is 8. The fraction of sp³-hybridized carbons (Fsp3) is 0.391. The third-order valence-corrected chi connectivity index (χ3v) is 6.34. The molecule has 9 nitrogen and oxygen atoms in total. The first kappa shape index (κ1) is 24.2. The second kappa shape index (κ2) is 11.5. The Morgan fingerprint density at radius 3 is 2.61 bits per heavy atom. The molecule has 0 bridgehead atoms. The van der Waals surface area contributed by atoms with E-state index in [0.717, 1.165) is 42.5 Å². The minimum Gasteiger partial charge on any atom is -0.493 e. The number of nitrogens with zero attached hydrogens (tertiary/aromatic N) is 1. The molecular weight excluding hydrogens is 446 g/mol. The largest absolute Gasteiger partial charge is 0.493 e. The highest BCUT2D eigenvalue weighted by Gasteiger charge is 2.27. The van der Waals surface area contributed by atoms with E-state index in [1.165, 1.54) is 31.8 Å². The smallest absolute Gasteiger partial charge is 0.341 e. The molecule has 176 valence electrons. The van der Waals surface area contributed by atoms with E-state index >= 15 is 0 Å². The van der Waals surface area contributed by atoms with Crippen LogP contribution in [0.5, 0.6) is 11.5 Å². The van der Waals surface area contributed by atoms with E-state index < -0.39 is 17.8 Å². The summed E-state index contributed by atoms with van der Waals surface area (Å²) in [5, 5.41) is 6.74. The summed E-state index contributed by atoms with van der Waals surface area (Å²) in [6.07, 6.45) is 6.00. The fourth-order valence-electron chi connectivity index (χ4n) is 3.63. The second-order valence-electron chi connectivity index (χ2n) is 7.23. The maximum absolute atomic E-state index is 12.6. The first-order valence-electron chi connectivity index (χ1n) is 10.7. The van der Waals surface area contributed by atoms with Gasteiger partial charge in [-0.3, -0.25) is 9.59 Å². The van der Waals surface area contributed by atoms with Crippen LogP contribution < -0.4 is 20.2 Å². The Morgan fingerprint density at radius 1 is 1.09 bits per heavy atom. The Hall–Kier alpha value is -3.40. The third kappa shape index (κ3) is 5.70. The van der Waals surface area contributed by atoms with Gasteiger partial charge in [0.2, 0.25) is 0 Å². The third-order valence-electron chi connectivity index (χ3n) is 5.14. The molecule has 0 atom stereocenters. The van der Waals surface area contributed by atoms with Crippen molar-refractivity contribution < 1.29 is 28.6 Å². The van der Waals surface area contributed by atoms with Gasteiger partial charge in [0.05, 0.1) is 32.6 Å². The van der Waals surface area contributed by atoms with Crippen LogP contribution in [0.15, 0.2) is 23.3 Å². The number of methoxy groups -OCH3 is 2. The maximum Gasteiger partial charge on any atom is 0.341 e. The van der Waals surface area contributed by atoms with Gasteiger partial charge < -0.3 is 19.5 Å². The predicted molar refractivity (Wildman–Crippen MR) is 125 cm³/mol. The zero-order chi connectivity index (χ0) is 23.8. The number of anilines is 1. The molecule has 0 aliphatic heterocycles. The summed E-state index contributed by atoms with van der Waals surface area (Å²) in [4.78, 5) is 38.5. The molecule has 0 unspecified atom stereocenters. The van der Waals surface area contributed by atoms with Crippen LogP contribution in [0, 0.1) is 0 Å². The van der Waals surface area contributed by atoms with Crippen LogP contribution in [0.25, 0.3) is 0 Å². The molecule has 1 aliphatic rings. The summed E-state index contributed by atoms with van der Waals surface area (Å²) in [6, 6.07) is 5.20. The summed E-state index contributed by atoms with van der Waals surface area (Å²) in [6.45, 7) is 1.95. The molecule has 33 heavy (non-hydrogen) atoms. The highest BCUT2D eigenvalue weighted by molar-refractivity contribution is 7.17. The number of carbonyl (C=O) groups excluding carboxylic acids is 3. The van der Waals surface area contributed by atoms with Gasteiger partial charge >= 0.3 is 17.8 Å². The molecule has 3 rings (SSSR count). The Kier molecular flexibility index (Phi) is 8.42. The monoisotopic (exact) mass is 473 g/mol. The lowest BCUT2D eigenvalue weighted by atomic mass is 10.1. The molecule has 1 aromatic heterocycles. The highest BCUT2D eigenvalue weighted by atomic mass is 32.1. The number of esters is 1. The molecule has 0 spiro atoms. The molecule has 0 saturated carbocycles. The van der Waals surface area contributed by atoms with Crippen LogP contribution in [0.2, 0.25) is 0 Å². The standard InChI is InChI=1S/C23H27N3O6S/c1-4-32-23(29)18-15-10-6-5-7-12-17(15)33-22(18)25-20(27)21(28)26-24-13-14-9-8-11-16(30-2)19(14)31-3/h8-9,11,13H,4-7,10,12H2,1-3H3,(H,25,27)(H,26,28). The lowest BCUT2D eigenvalue weighted by Crippen LogP contribution is -2.32. The van der Waals surface area contributed by atoms with Crippen molar-refractivity contribution in [3.63, 3.8) is 0 Å². The molecule has 1 aliphatic carbocycles. The number of benzene rings is 1. The summed E-state index contributed by atoms with van der Waals surface area (Å²) in [5.74, 6) is -1.43. The van der Waals surface area contributed by atoms with Crippen molar-refractivity contribution >= 4 is 40.3 Å². The lowest BCUT2D eigenvalue weighted by molar-refractivity contribution is -0.136. The average molecular weight is 474 g/mol. The zero-order valence-corrected chi connectivity index (χ0v) is 19.7. The van der Waals surface area contributed by atoms with Crippen LogP contribution in [0.3, 0.4) is 0 Å². The van der Waals surface area contributed by atoms with Crippen molar-refractivity contribution in [2.24, 2.45) is 5.10 Å². The first-order valence-corrected chi connectivity index (χ1v) is 11.5. The summed E-state index contributed by atoms with van der Waals surface area (Å²) < 4.78 is 15.7. The predicted octanol–water partition coefficient (Wildman–Crippen LogP) is 3.30. The molecular formula is C23H27N3O6S. The number of carbonyl (C=O) groups is 3. The first-order chi connectivity index (χ1) is 16.0. The molecule has 1 heterocycles. The van der Waals surface area contributed by atoms with Crippen molar-refractivity contribution in [2.75, 3.05) is 26.1 Å². The van der Waals surface area contributed by atoms with Gasteiger partial charge in [0.15, 0.2) is 11.5 Å². The maximum atomic E-state index is 12.6. The van der Waals surface area contributed by atoms with Crippen LogP contribution in [0.4, 0.5) is 5.00 Å². The number of nitrogens with one attached hydrogen (secondary N) is 2. The Morgan fingerprint density at radius 2 is 1.88 bits per heavy atom. The van der Waals surface area contributed by atoms with Gasteiger partial charge in [0.1, 0.15) is 5.00 Å². The van der Waals surface area contributed by atoms with Gasteiger partial charge in [-0.15, -0.1) is 11.3 Å². The lowest BCUT2D eigenvalue weighted by Gasteiger charge is -2.09. The number of ether oxygens (including phenoxy) is 3. The molecule has 10 heteroatoms. The Labute approximate surface area is 196 Å². The Bertz CT molecular complexity index is 1060. The van der Waals surface area contributed by atoms with Crippen LogP contribution in [0.1, 0.15) is 52.5 Å². The van der Waals surface area contributed by atoms with Crippen molar-refractivity contribution in [1.29, 1.82) is 0 Å². The number of hydrogen-bond donors (Lipinski definition) is 2. The van der Waals surface area contributed by atoms with Gasteiger partial charge in [-0.05, 0) is 50.3 Å². The van der Waals surface area contributed by atoms with E-state index in [-0.39, 0.29) is 6.61 Å². The normalized spacial score (nSPS) is 13.1. The van der Waals surface area contributed by atoms with E-state index in [9.17, 15) is 14.4 Å². The molecule has 0 saturated heterocycles. The van der Waals surface area contributed by atoms with Crippen LogP contribution >= 0.6 is 11.3 Å². The molecule has 2 N–H and O–H groups in total. The van der Waals surface area contributed by atoms with Gasteiger partial charge in [-0.2, -0.15) is 5.10 Å². The molecule has 2 aromatic rings. The van der Waals surface area contributed by atoms with E-state index in [1.807, 2.05) is 0 Å². The quantitative estimate of drug-likeness (QED) is 0.210. The SMILES string of the molecule is CCOC(=O)c1c(NC(=O)C(=O)NN=Cc2cccc(OC)c2OC)sc2c1CCCCC2. The van der Waals surface area contributed by atoms with E-state index in [1.54, 1.807) is 25.1 Å². The number of amides is 2. The highest BCUT2D eigenvalue weighted by Crippen LogP contribution is 2.38. The minimum atomic E-state index is -0.966. The molecule has 2 amide bonds. The van der Waals surface area contributed by atoms with Crippen molar-refractivity contribution in [3.05, 3.63) is 39.8 Å². The van der Waals surface area contributed by atoms with Crippen molar-refractivity contribution in [1.82, 2.24) is 5.43 Å². The Balaban J connectivity index is 1.73. The van der Waals surface area contributed by atoms with E-state index in [0.29, 0.717) is 27.6 Å². The van der Waals surface area contributed by atoms with Crippen molar-refractivity contribution in [3.8, 4) is 11.5 Å². The van der Waals surface area contributed by atoms with E-state index in [4.69, 9.17) is 14.2 Å². The molecule has 0 radical (unpaired) electrons. The number of fused-ring (bicyclic) bond motifs is 1. The number of hydrazone groups is 1. The summed E-state index contributed by atoms with van der Waals surface area (Å²) >= 11 is 1.32. The second-order valence-corrected chi connectivity index (χ2v) is 8.33. The van der Waals surface area contributed by atoms with Crippen molar-refractivity contribution in [2.45, 2.75) is 39.0 Å². The summed E-state index contributed by atoms with van der Waals surface area (Å²) in [7, 11) is 3.00.